The highest BCUT2D eigenvalue weighted by molar-refractivity contribution is 5.80. The number of rotatable bonds is 4. The van der Waals surface area contributed by atoms with Gasteiger partial charge in [-0.05, 0) is 31.5 Å². The quantitative estimate of drug-likeness (QED) is 0.742. The number of nitrogens with zero attached hydrogens (tertiary/aromatic N) is 1. The minimum Gasteiger partial charge on any atom is -0.481 e. The van der Waals surface area contributed by atoms with Crippen LogP contribution in [-0.2, 0) is 10.2 Å². The summed E-state index contributed by atoms with van der Waals surface area (Å²) in [6.07, 6.45) is 3.60. The van der Waals surface area contributed by atoms with E-state index in [4.69, 9.17) is 10.8 Å². The van der Waals surface area contributed by atoms with Gasteiger partial charge in [-0.1, -0.05) is 6.07 Å². The van der Waals surface area contributed by atoms with Crippen LogP contribution in [0.3, 0.4) is 0 Å². The summed E-state index contributed by atoms with van der Waals surface area (Å²) in [6, 6.07) is 3.49. The van der Waals surface area contributed by atoms with Crippen LogP contribution in [0, 0.1) is 0 Å². The first kappa shape index (κ1) is 10.7. The van der Waals surface area contributed by atoms with Crippen molar-refractivity contribution in [3.05, 3.63) is 30.1 Å². The Morgan fingerprint density at radius 2 is 2.43 bits per heavy atom. The first-order valence-corrected chi connectivity index (χ1v) is 4.45. The molecule has 0 aromatic carbocycles. The molecule has 0 spiro atoms. The van der Waals surface area contributed by atoms with Crippen LogP contribution in [0.1, 0.15) is 18.9 Å². The van der Waals surface area contributed by atoms with Gasteiger partial charge in [-0.2, -0.15) is 0 Å². The standard InChI is InChI=1S/C10H14N2O2/c1-10(4-5-11,9(13)14)8-3-2-6-12-7-8/h2-3,6-7H,4-5,11H2,1H3,(H,13,14). The SMILES string of the molecule is CC(CCN)(C(=O)O)c1cccnc1. The second-order valence-corrected chi connectivity index (χ2v) is 3.42. The van der Waals surface area contributed by atoms with Gasteiger partial charge in [0.15, 0.2) is 0 Å². The lowest BCUT2D eigenvalue weighted by atomic mass is 9.80. The predicted octanol–water partition coefficient (Wildman–Crippen LogP) is 0.773. The van der Waals surface area contributed by atoms with Gasteiger partial charge in [-0.15, -0.1) is 0 Å². The highest BCUT2D eigenvalue weighted by atomic mass is 16.4. The van der Waals surface area contributed by atoms with Crippen molar-refractivity contribution in [1.82, 2.24) is 4.98 Å². The average molecular weight is 194 g/mol. The van der Waals surface area contributed by atoms with Gasteiger partial charge in [0.25, 0.3) is 0 Å². The highest BCUT2D eigenvalue weighted by Gasteiger charge is 2.34. The maximum absolute atomic E-state index is 11.1. The molecule has 1 aromatic rings. The molecule has 14 heavy (non-hydrogen) atoms. The third-order valence-corrected chi connectivity index (χ3v) is 2.42. The number of hydrogen-bond donors (Lipinski definition) is 2. The Hall–Kier alpha value is -1.42. The Morgan fingerprint density at radius 1 is 1.71 bits per heavy atom. The first-order chi connectivity index (χ1) is 6.61. The maximum Gasteiger partial charge on any atom is 0.313 e. The minimum atomic E-state index is -0.928. The van der Waals surface area contributed by atoms with Crippen molar-refractivity contribution in [2.45, 2.75) is 18.8 Å². The van der Waals surface area contributed by atoms with E-state index in [1.54, 1.807) is 31.5 Å². The molecule has 0 aliphatic heterocycles. The van der Waals surface area contributed by atoms with E-state index < -0.39 is 11.4 Å². The lowest BCUT2D eigenvalue weighted by molar-refractivity contribution is -0.143. The monoisotopic (exact) mass is 194 g/mol. The van der Waals surface area contributed by atoms with Gasteiger partial charge >= 0.3 is 5.97 Å². The van der Waals surface area contributed by atoms with Crippen LogP contribution in [0.15, 0.2) is 24.5 Å². The molecule has 1 aromatic heterocycles. The van der Waals surface area contributed by atoms with Crippen molar-refractivity contribution in [2.75, 3.05) is 6.54 Å². The van der Waals surface area contributed by atoms with Crippen LogP contribution in [0.25, 0.3) is 0 Å². The van der Waals surface area contributed by atoms with Crippen LogP contribution in [0.5, 0.6) is 0 Å². The molecule has 0 aliphatic carbocycles. The molecular formula is C10H14N2O2. The summed E-state index contributed by atoms with van der Waals surface area (Å²) < 4.78 is 0. The van der Waals surface area contributed by atoms with E-state index in [1.807, 2.05) is 0 Å². The van der Waals surface area contributed by atoms with Gasteiger partial charge in [-0.3, -0.25) is 9.78 Å². The van der Waals surface area contributed by atoms with E-state index in [0.717, 1.165) is 0 Å². The van der Waals surface area contributed by atoms with Crippen LogP contribution in [0.2, 0.25) is 0 Å². The summed E-state index contributed by atoms with van der Waals surface area (Å²) in [5.74, 6) is -0.865. The number of carboxylic acids is 1. The zero-order valence-electron chi connectivity index (χ0n) is 8.10. The number of aromatic nitrogens is 1. The summed E-state index contributed by atoms with van der Waals surface area (Å²) in [5.41, 5.74) is 5.17. The van der Waals surface area contributed by atoms with Gasteiger partial charge in [0.05, 0.1) is 5.41 Å². The van der Waals surface area contributed by atoms with E-state index in [1.165, 1.54) is 0 Å². The zero-order valence-corrected chi connectivity index (χ0v) is 8.10. The molecular weight excluding hydrogens is 180 g/mol. The molecule has 4 heteroatoms. The van der Waals surface area contributed by atoms with E-state index in [2.05, 4.69) is 4.98 Å². The van der Waals surface area contributed by atoms with Crippen LogP contribution >= 0.6 is 0 Å². The fourth-order valence-electron chi connectivity index (χ4n) is 1.35. The molecule has 1 heterocycles. The van der Waals surface area contributed by atoms with Crippen molar-refractivity contribution < 1.29 is 9.90 Å². The Morgan fingerprint density at radius 3 is 2.86 bits per heavy atom. The Bertz CT molecular complexity index is 313. The van der Waals surface area contributed by atoms with Crippen molar-refractivity contribution in [3.63, 3.8) is 0 Å². The van der Waals surface area contributed by atoms with E-state index in [9.17, 15) is 4.79 Å². The van der Waals surface area contributed by atoms with Gasteiger partial charge in [0.1, 0.15) is 0 Å². The zero-order chi connectivity index (χ0) is 10.6. The van der Waals surface area contributed by atoms with Gasteiger partial charge < -0.3 is 10.8 Å². The summed E-state index contributed by atoms with van der Waals surface area (Å²) in [7, 11) is 0. The summed E-state index contributed by atoms with van der Waals surface area (Å²) in [6.45, 7) is 2.01. The molecule has 0 aliphatic rings. The van der Waals surface area contributed by atoms with Gasteiger partial charge in [-0.25, -0.2) is 0 Å². The smallest absolute Gasteiger partial charge is 0.313 e. The van der Waals surface area contributed by atoms with Crippen molar-refractivity contribution in [3.8, 4) is 0 Å². The number of pyridine rings is 1. The number of aliphatic carboxylic acids is 1. The topological polar surface area (TPSA) is 76.2 Å². The lowest BCUT2D eigenvalue weighted by Gasteiger charge is -2.23. The Labute approximate surface area is 82.8 Å². The second kappa shape index (κ2) is 4.19. The van der Waals surface area contributed by atoms with Gasteiger partial charge in [0, 0.05) is 12.4 Å². The highest BCUT2D eigenvalue weighted by Crippen LogP contribution is 2.26. The van der Waals surface area contributed by atoms with E-state index >= 15 is 0 Å². The summed E-state index contributed by atoms with van der Waals surface area (Å²) in [5, 5.41) is 9.13. The van der Waals surface area contributed by atoms with Crippen molar-refractivity contribution in [1.29, 1.82) is 0 Å². The molecule has 0 fully saturated rings. The average Bonchev–Trinajstić information content (AvgIpc) is 2.19. The van der Waals surface area contributed by atoms with Crippen LogP contribution in [0.4, 0.5) is 0 Å². The van der Waals surface area contributed by atoms with E-state index in [-0.39, 0.29) is 0 Å². The molecule has 1 atom stereocenters. The minimum absolute atomic E-state index is 0.345. The summed E-state index contributed by atoms with van der Waals surface area (Å²) >= 11 is 0. The van der Waals surface area contributed by atoms with Gasteiger partial charge in [0.2, 0.25) is 0 Å². The number of carboxylic acid groups (broad SMARTS) is 1. The molecule has 1 rings (SSSR count). The molecule has 0 saturated carbocycles. The van der Waals surface area contributed by atoms with Crippen molar-refractivity contribution in [2.24, 2.45) is 5.73 Å². The molecule has 0 radical (unpaired) electrons. The van der Waals surface area contributed by atoms with E-state index in [0.29, 0.717) is 18.5 Å². The normalized spacial score (nSPS) is 14.7. The third-order valence-electron chi connectivity index (χ3n) is 2.42. The number of carbonyl (C=O) groups is 1. The number of hydrogen-bond acceptors (Lipinski definition) is 3. The molecule has 0 amide bonds. The fraction of sp³-hybridized carbons (Fsp3) is 0.400. The predicted molar refractivity (Wildman–Crippen MR) is 52.9 cm³/mol. The van der Waals surface area contributed by atoms with Crippen LogP contribution in [-0.4, -0.2) is 22.6 Å². The Balaban J connectivity index is 3.06. The second-order valence-electron chi connectivity index (χ2n) is 3.42. The molecule has 0 saturated heterocycles. The first-order valence-electron chi connectivity index (χ1n) is 4.45. The molecule has 0 bridgehead atoms. The Kier molecular flexibility index (Phi) is 3.19. The molecule has 4 nitrogen and oxygen atoms in total. The third kappa shape index (κ3) is 1.90. The number of nitrogens with two attached hydrogens (primary N) is 1. The molecule has 1 unspecified atom stereocenters. The largest absolute Gasteiger partial charge is 0.481 e. The van der Waals surface area contributed by atoms with Crippen LogP contribution < -0.4 is 5.73 Å². The molecule has 76 valence electrons. The summed E-state index contributed by atoms with van der Waals surface area (Å²) in [4.78, 5) is 15.0. The molecule has 3 N–H and O–H groups in total. The fourth-order valence-corrected chi connectivity index (χ4v) is 1.35. The maximum atomic E-state index is 11.1. The van der Waals surface area contributed by atoms with Crippen molar-refractivity contribution >= 4 is 5.97 Å². The lowest BCUT2D eigenvalue weighted by Crippen LogP contribution is -2.34.